The van der Waals surface area contributed by atoms with E-state index < -0.39 is 24.3 Å². The summed E-state index contributed by atoms with van der Waals surface area (Å²) in [6, 6.07) is 18.4. The quantitative estimate of drug-likeness (QED) is 0.102. The van der Waals surface area contributed by atoms with E-state index in [9.17, 15) is 19.2 Å². The number of carbonyl (C=O) groups excluding carboxylic acids is 4. The number of likely N-dealkylation sites (tertiary alicyclic amines) is 2. The molecule has 0 radical (unpaired) electrons. The molecule has 2 aliphatic rings. The van der Waals surface area contributed by atoms with Gasteiger partial charge in [-0.3, -0.25) is 9.59 Å². The lowest BCUT2D eigenvalue weighted by molar-refractivity contribution is -0.136. The third kappa shape index (κ3) is 8.66. The summed E-state index contributed by atoms with van der Waals surface area (Å²) in [4.78, 5) is 70.9. The minimum absolute atomic E-state index is 0.139. The fourth-order valence-corrected chi connectivity index (χ4v) is 8.73. The number of methoxy groups -OCH3 is 2. The predicted molar refractivity (Wildman–Crippen MR) is 230 cm³/mol. The number of amides is 4. The number of halogens is 2. The maximum Gasteiger partial charge on any atom is 0.407 e. The molecule has 0 unspecified atom stereocenters. The van der Waals surface area contributed by atoms with Gasteiger partial charge in [-0.2, -0.15) is 0 Å². The van der Waals surface area contributed by atoms with Gasteiger partial charge >= 0.3 is 12.2 Å². The molecule has 3 aromatic carbocycles. The summed E-state index contributed by atoms with van der Waals surface area (Å²) in [5.74, 6) is 0.563. The Morgan fingerprint density at radius 3 is 1.48 bits per heavy atom. The molecule has 316 valence electrons. The van der Waals surface area contributed by atoms with E-state index in [0.29, 0.717) is 46.4 Å². The van der Waals surface area contributed by atoms with E-state index in [-0.39, 0.29) is 35.7 Å². The van der Waals surface area contributed by atoms with Crippen molar-refractivity contribution >= 4 is 58.0 Å². The fraction of sp³-hybridized carbons (Fsp3) is 0.409. The van der Waals surface area contributed by atoms with E-state index in [0.717, 1.165) is 58.7 Å². The second-order valence-corrected chi connectivity index (χ2v) is 16.7. The number of aromatic nitrogens is 4. The number of hydrogen-bond acceptors (Lipinski definition) is 8. The molecule has 0 bridgehead atoms. The van der Waals surface area contributed by atoms with Crippen LogP contribution in [0.25, 0.3) is 44.4 Å². The summed E-state index contributed by atoms with van der Waals surface area (Å²) in [7, 11) is 2.55. The van der Waals surface area contributed by atoms with Gasteiger partial charge in [0.2, 0.25) is 11.8 Å². The van der Waals surface area contributed by atoms with Crippen LogP contribution in [0.15, 0.2) is 60.7 Å². The number of nitrogens with zero attached hydrogens (tertiary/aromatic N) is 4. The number of imidazole rings is 2. The zero-order valence-electron chi connectivity index (χ0n) is 34.5. The molecule has 14 nitrogen and oxygen atoms in total. The summed E-state index contributed by atoms with van der Waals surface area (Å²) >= 11 is 13.4. The number of fused-ring (bicyclic) bond motifs is 1. The standard InChI is InChI=1S/C44H50Cl2N8O6/c1-23(2)33(49-43(57)59-5)41(55)53-19-7-9-31(53)39-47-35(37(45)51-39)26-13-11-25(12-14-26)27-15-16-29-22-30(18-17-28(29)21-27)36-38(46)52-40(48-36)32-10-8-20-54(32)42(56)34(24(3)4)50-44(58)60-6/h11-18,21-24,31-34H,7-10,19-20H2,1-6H3,(H,47,51)(H,48,52)(H,49,57)(H,50,58)/t31-,32-,33-,34-/m0/s1. The number of benzene rings is 3. The summed E-state index contributed by atoms with van der Waals surface area (Å²) < 4.78 is 9.52. The Balaban J connectivity index is 1.06. The van der Waals surface area contributed by atoms with Crippen LogP contribution < -0.4 is 10.6 Å². The molecule has 0 aliphatic carbocycles. The van der Waals surface area contributed by atoms with Gasteiger partial charge in [-0.05, 0) is 71.6 Å². The first-order valence-corrected chi connectivity index (χ1v) is 21.0. The molecule has 4 atom stereocenters. The minimum Gasteiger partial charge on any atom is -0.453 e. The average molecular weight is 858 g/mol. The SMILES string of the molecule is COC(=O)N[C@H](C(=O)N1CCC[C@H]1c1nc(Cl)c(-c2ccc(-c3ccc4cc(-c5[nH]c([C@@H]6CCCN6C(=O)[C@@H](NC(=O)OC)C(C)C)nc5Cl)ccc4c3)cc2)[nH]1)C(C)C. The summed E-state index contributed by atoms with van der Waals surface area (Å²) in [5.41, 5.74) is 5.11. The summed E-state index contributed by atoms with van der Waals surface area (Å²) in [6.45, 7) is 8.62. The lowest BCUT2D eigenvalue weighted by Gasteiger charge is -2.29. The number of alkyl carbamates (subject to hydrolysis) is 2. The molecule has 16 heteroatoms. The number of ether oxygens (including phenoxy) is 2. The fourth-order valence-electron chi connectivity index (χ4n) is 8.23. The van der Waals surface area contributed by atoms with Crippen LogP contribution in [-0.4, -0.2) is 93.1 Å². The number of H-pyrrole nitrogens is 2. The van der Waals surface area contributed by atoms with Gasteiger partial charge in [-0.25, -0.2) is 19.6 Å². The highest BCUT2D eigenvalue weighted by atomic mass is 35.5. The van der Waals surface area contributed by atoms with E-state index >= 15 is 0 Å². The van der Waals surface area contributed by atoms with Crippen LogP contribution in [0.5, 0.6) is 0 Å². The summed E-state index contributed by atoms with van der Waals surface area (Å²) in [5, 5.41) is 8.06. The van der Waals surface area contributed by atoms with Gasteiger partial charge in [0.25, 0.3) is 0 Å². The molecule has 60 heavy (non-hydrogen) atoms. The van der Waals surface area contributed by atoms with Crippen LogP contribution in [0.1, 0.15) is 77.1 Å². The molecule has 2 saturated heterocycles. The van der Waals surface area contributed by atoms with Crippen molar-refractivity contribution in [3.05, 3.63) is 82.6 Å². The molecular formula is C44H50Cl2N8O6. The van der Waals surface area contributed by atoms with Gasteiger partial charge in [-0.1, -0.05) is 99.4 Å². The molecule has 2 aliphatic heterocycles. The first-order valence-electron chi connectivity index (χ1n) is 20.2. The van der Waals surface area contributed by atoms with Crippen molar-refractivity contribution in [3.8, 4) is 33.6 Å². The van der Waals surface area contributed by atoms with E-state index in [1.165, 1.54) is 14.2 Å². The average Bonchev–Trinajstić information content (AvgIpc) is 4.07. The molecule has 4 amide bonds. The first-order chi connectivity index (χ1) is 28.8. The largest absolute Gasteiger partial charge is 0.453 e. The van der Waals surface area contributed by atoms with E-state index in [1.807, 2.05) is 64.1 Å². The highest BCUT2D eigenvalue weighted by molar-refractivity contribution is 6.32. The third-order valence-electron chi connectivity index (χ3n) is 11.5. The van der Waals surface area contributed by atoms with Crippen molar-refractivity contribution in [1.29, 1.82) is 0 Å². The van der Waals surface area contributed by atoms with E-state index in [2.05, 4.69) is 54.8 Å². The molecule has 2 aromatic heterocycles. The van der Waals surface area contributed by atoms with Crippen molar-refractivity contribution in [2.24, 2.45) is 11.8 Å². The Hall–Kier alpha value is -5.60. The molecule has 5 aromatic rings. The van der Waals surface area contributed by atoms with E-state index in [1.54, 1.807) is 9.80 Å². The number of hydrogen-bond donors (Lipinski definition) is 4. The van der Waals surface area contributed by atoms with Crippen LogP contribution in [0.2, 0.25) is 10.3 Å². The summed E-state index contributed by atoms with van der Waals surface area (Å²) in [6.07, 6.45) is 1.74. The van der Waals surface area contributed by atoms with Gasteiger partial charge < -0.3 is 39.9 Å². The highest BCUT2D eigenvalue weighted by Gasteiger charge is 2.39. The van der Waals surface area contributed by atoms with Crippen molar-refractivity contribution in [3.63, 3.8) is 0 Å². The zero-order chi connectivity index (χ0) is 42.8. The topological polar surface area (TPSA) is 175 Å². The molecule has 4 heterocycles. The Morgan fingerprint density at radius 2 is 1.03 bits per heavy atom. The molecule has 7 rings (SSSR count). The van der Waals surface area contributed by atoms with Gasteiger partial charge in [0.15, 0.2) is 10.3 Å². The van der Waals surface area contributed by atoms with Crippen LogP contribution in [0.4, 0.5) is 9.59 Å². The molecule has 0 spiro atoms. The van der Waals surface area contributed by atoms with Crippen molar-refractivity contribution in [2.75, 3.05) is 27.3 Å². The van der Waals surface area contributed by atoms with Gasteiger partial charge in [0.05, 0.1) is 37.7 Å². The lowest BCUT2D eigenvalue weighted by atomic mass is 9.98. The normalized spacial score (nSPS) is 17.6. The van der Waals surface area contributed by atoms with Gasteiger partial charge in [0, 0.05) is 24.2 Å². The zero-order valence-corrected chi connectivity index (χ0v) is 36.0. The van der Waals surface area contributed by atoms with Crippen LogP contribution >= 0.6 is 23.2 Å². The highest BCUT2D eigenvalue weighted by Crippen LogP contribution is 2.38. The van der Waals surface area contributed by atoms with Crippen molar-refractivity contribution in [2.45, 2.75) is 77.5 Å². The number of rotatable bonds is 11. The minimum atomic E-state index is -0.731. The lowest BCUT2D eigenvalue weighted by Crippen LogP contribution is -2.51. The Bertz CT molecular complexity index is 2400. The maximum absolute atomic E-state index is 13.6. The Morgan fingerprint density at radius 1 is 0.633 bits per heavy atom. The smallest absolute Gasteiger partial charge is 0.407 e. The van der Waals surface area contributed by atoms with E-state index in [4.69, 9.17) is 32.7 Å². The molecule has 4 N–H and O–H groups in total. The number of carbonyl (C=O) groups is 4. The third-order valence-corrected chi connectivity index (χ3v) is 12.0. The monoisotopic (exact) mass is 856 g/mol. The number of aromatic amines is 2. The Kier molecular flexibility index (Phi) is 12.7. The van der Waals surface area contributed by atoms with Crippen LogP contribution in [0, 0.1) is 11.8 Å². The maximum atomic E-state index is 13.6. The first kappa shape index (κ1) is 42.5. The van der Waals surface area contributed by atoms with Crippen molar-refractivity contribution in [1.82, 2.24) is 40.4 Å². The second-order valence-electron chi connectivity index (χ2n) is 16.0. The molecule has 2 fully saturated rings. The van der Waals surface area contributed by atoms with Gasteiger partial charge in [0.1, 0.15) is 23.7 Å². The van der Waals surface area contributed by atoms with Crippen LogP contribution in [0.3, 0.4) is 0 Å². The predicted octanol–water partition coefficient (Wildman–Crippen LogP) is 8.68. The second kappa shape index (κ2) is 17.9. The van der Waals surface area contributed by atoms with Crippen molar-refractivity contribution < 1.29 is 28.7 Å². The molecule has 0 saturated carbocycles. The molecular weight excluding hydrogens is 807 g/mol. The Labute approximate surface area is 358 Å². The number of nitrogens with one attached hydrogen (secondary N) is 4. The van der Waals surface area contributed by atoms with Crippen LogP contribution in [-0.2, 0) is 19.1 Å². The van der Waals surface area contributed by atoms with Gasteiger partial charge in [-0.15, -0.1) is 0 Å².